The van der Waals surface area contributed by atoms with Crippen LogP contribution < -0.4 is 10.1 Å². The monoisotopic (exact) mass is 448 g/mol. The van der Waals surface area contributed by atoms with Gasteiger partial charge in [-0.25, -0.2) is 0 Å². The highest BCUT2D eigenvalue weighted by Gasteiger charge is 2.56. The van der Waals surface area contributed by atoms with Crippen LogP contribution in [0.1, 0.15) is 11.3 Å². The van der Waals surface area contributed by atoms with Crippen LogP contribution in [-0.2, 0) is 0 Å². The molecule has 5 aromatic rings. The van der Waals surface area contributed by atoms with Crippen molar-refractivity contribution in [3.8, 4) is 17.0 Å². The van der Waals surface area contributed by atoms with Crippen LogP contribution in [-0.4, -0.2) is 21.8 Å². The number of allylic oxidation sites excluding steroid dienone is 2. The summed E-state index contributed by atoms with van der Waals surface area (Å²) in [6.07, 6.45) is 6.53. The number of hydrogen-bond donors (Lipinski definition) is 0. The van der Waals surface area contributed by atoms with Crippen molar-refractivity contribution in [2.24, 2.45) is 0 Å². The lowest BCUT2D eigenvalue weighted by molar-refractivity contribution is -0.342. The van der Waals surface area contributed by atoms with Gasteiger partial charge in [-0.05, 0) is 46.7 Å². The molecule has 4 aromatic carbocycles. The molecule has 3 aliphatic heterocycles. The lowest BCUT2D eigenvalue weighted by Crippen LogP contribution is -2.70. The highest BCUT2D eigenvalue weighted by molar-refractivity contribution is 6.80. The summed E-state index contributed by atoms with van der Waals surface area (Å²) in [7, 11) is 0. The number of fused-ring (bicyclic) bond motifs is 5. The predicted octanol–water partition coefficient (Wildman–Crippen LogP) is 5.82. The molecule has 1 atom stereocenters. The summed E-state index contributed by atoms with van der Waals surface area (Å²) >= 11 is 0. The minimum Gasteiger partial charge on any atom is -0.635 e. The van der Waals surface area contributed by atoms with Crippen LogP contribution in [0, 0.1) is 0 Å². The van der Waals surface area contributed by atoms with Crippen LogP contribution in [0.2, 0.25) is 0 Å². The number of aromatic nitrogens is 1. The Labute approximate surface area is 203 Å². The van der Waals surface area contributed by atoms with Crippen LogP contribution in [0.3, 0.4) is 0 Å². The largest absolute Gasteiger partial charge is 0.635 e. The molecule has 1 aromatic heterocycles. The van der Waals surface area contributed by atoms with E-state index in [0.717, 1.165) is 16.8 Å². The second kappa shape index (κ2) is 6.74. The van der Waals surface area contributed by atoms with E-state index in [9.17, 15) is 0 Å². The Kier molecular flexibility index (Phi) is 3.62. The van der Waals surface area contributed by atoms with Gasteiger partial charge in [0.15, 0.2) is 5.70 Å². The van der Waals surface area contributed by atoms with Gasteiger partial charge in [-0.15, -0.1) is 0 Å². The number of para-hydroxylation sites is 1. The Morgan fingerprint density at radius 3 is 2.37 bits per heavy atom. The van der Waals surface area contributed by atoms with E-state index < -0.39 is 6.62 Å². The summed E-state index contributed by atoms with van der Waals surface area (Å²) < 4.78 is 11.9. The van der Waals surface area contributed by atoms with Gasteiger partial charge in [-0.2, -0.15) is 0 Å². The number of hydrogen-bond acceptors (Lipinski definition) is 1. The van der Waals surface area contributed by atoms with Gasteiger partial charge in [0, 0.05) is 29.1 Å². The molecule has 8 rings (SSSR count). The molecule has 0 bridgehead atoms. The molecule has 0 amide bonds. The van der Waals surface area contributed by atoms with Crippen molar-refractivity contribution in [1.82, 2.24) is 4.48 Å². The molecular formula is C31H21BN2O. The Bertz CT molecular complexity index is 1780. The summed E-state index contributed by atoms with van der Waals surface area (Å²) in [6, 6.07) is 38.9. The third kappa shape index (κ3) is 2.38. The second-order valence-electron chi connectivity index (χ2n) is 9.44. The van der Waals surface area contributed by atoms with E-state index in [4.69, 9.17) is 4.65 Å². The van der Waals surface area contributed by atoms with Gasteiger partial charge in [0.2, 0.25) is 0 Å². The van der Waals surface area contributed by atoms with Crippen molar-refractivity contribution in [2.75, 3.05) is 0 Å². The molecule has 0 radical (unpaired) electrons. The quantitative estimate of drug-likeness (QED) is 0.311. The normalized spacial score (nSPS) is 19.1. The van der Waals surface area contributed by atoms with Gasteiger partial charge >= 0.3 is 6.62 Å². The maximum atomic E-state index is 7.09. The van der Waals surface area contributed by atoms with Crippen molar-refractivity contribution >= 4 is 34.6 Å². The Hall–Kier alpha value is -4.57. The van der Waals surface area contributed by atoms with E-state index >= 15 is 0 Å². The van der Waals surface area contributed by atoms with E-state index in [2.05, 4.69) is 137 Å². The van der Waals surface area contributed by atoms with Gasteiger partial charge in [-0.1, -0.05) is 84.3 Å². The highest BCUT2D eigenvalue weighted by Crippen LogP contribution is 2.46. The number of benzene rings is 4. The van der Waals surface area contributed by atoms with E-state index in [-0.39, 0.29) is 0 Å². The topological polar surface area (TPSA) is 17.2 Å². The van der Waals surface area contributed by atoms with Crippen LogP contribution in [0.25, 0.3) is 27.6 Å². The van der Waals surface area contributed by atoms with Crippen LogP contribution in [0.5, 0.6) is 5.75 Å². The minimum atomic E-state index is -1.77. The highest BCUT2D eigenvalue weighted by atomic mass is 16.5. The molecule has 4 heteroatoms. The molecule has 0 saturated heterocycles. The zero-order valence-electron chi connectivity index (χ0n) is 19.0. The average Bonchev–Trinajstić information content (AvgIpc) is 3.59. The summed E-state index contributed by atoms with van der Waals surface area (Å²) in [5, 5.41) is 2.49. The van der Waals surface area contributed by atoms with Gasteiger partial charge in [0.05, 0.1) is 11.3 Å². The fraction of sp³-hybridized carbons (Fsp3) is 0. The molecule has 3 aliphatic rings. The van der Waals surface area contributed by atoms with Gasteiger partial charge < -0.3 is 13.6 Å². The lowest BCUT2D eigenvalue weighted by atomic mass is 9.54. The summed E-state index contributed by atoms with van der Waals surface area (Å²) in [4.78, 5) is 0. The van der Waals surface area contributed by atoms with Crippen molar-refractivity contribution in [3.63, 3.8) is 0 Å². The third-order valence-electron chi connectivity index (χ3n) is 7.66. The molecule has 0 unspecified atom stereocenters. The Morgan fingerprint density at radius 2 is 1.46 bits per heavy atom. The molecule has 35 heavy (non-hydrogen) atoms. The van der Waals surface area contributed by atoms with Gasteiger partial charge in [0.25, 0.3) is 0 Å². The first kappa shape index (κ1) is 18.8. The van der Waals surface area contributed by atoms with Crippen molar-refractivity contribution in [1.29, 1.82) is 0 Å². The van der Waals surface area contributed by atoms with E-state index in [1.165, 1.54) is 39.0 Å². The first-order valence-electron chi connectivity index (χ1n) is 12.1. The molecule has 0 N–H and O–H groups in total. The molecule has 0 spiro atoms. The molecule has 0 saturated carbocycles. The zero-order valence-corrected chi connectivity index (χ0v) is 19.0. The zero-order chi connectivity index (χ0) is 23.0. The Balaban J connectivity index is 1.49. The maximum absolute atomic E-state index is 7.09. The van der Waals surface area contributed by atoms with E-state index in [0.29, 0.717) is 0 Å². The van der Waals surface area contributed by atoms with Crippen molar-refractivity contribution in [2.45, 2.75) is 0 Å². The van der Waals surface area contributed by atoms with Gasteiger partial charge in [-0.3, -0.25) is 0 Å². The molecule has 3 nitrogen and oxygen atoms in total. The van der Waals surface area contributed by atoms with Crippen molar-refractivity contribution in [3.05, 3.63) is 138 Å². The number of rotatable bonds is 2. The molecule has 4 heterocycles. The predicted molar refractivity (Wildman–Crippen MR) is 143 cm³/mol. The Morgan fingerprint density at radius 1 is 0.686 bits per heavy atom. The molecule has 0 aliphatic carbocycles. The summed E-state index contributed by atoms with van der Waals surface area (Å²) in [6.45, 7) is -1.77. The first-order valence-corrected chi connectivity index (χ1v) is 12.1. The smallest absolute Gasteiger partial charge is 0.597 e. The van der Waals surface area contributed by atoms with Crippen LogP contribution >= 0.6 is 0 Å². The van der Waals surface area contributed by atoms with E-state index in [1.54, 1.807) is 0 Å². The minimum absolute atomic E-state index is 0.919. The maximum Gasteiger partial charge on any atom is 0.597 e. The fourth-order valence-electron chi connectivity index (χ4n) is 6.20. The molecular weight excluding hydrogens is 427 g/mol. The molecule has 0 fully saturated rings. The molecule has 164 valence electrons. The fourth-order valence-corrected chi connectivity index (χ4v) is 6.20. The third-order valence-corrected chi connectivity index (χ3v) is 7.66. The van der Waals surface area contributed by atoms with E-state index in [1.807, 2.05) is 0 Å². The van der Waals surface area contributed by atoms with Gasteiger partial charge in [0.1, 0.15) is 6.21 Å². The SMILES string of the molecule is C1=CC2=C(c3ccc4ccccc4c3)c3ccc4n3[B@@-](c3ccccc3)(Oc3ccccc3-4)[N+]2=C1. The number of nitrogens with zero attached hydrogens (tertiary/aromatic N) is 2. The second-order valence-corrected chi connectivity index (χ2v) is 9.44. The average molecular weight is 448 g/mol. The van der Waals surface area contributed by atoms with Crippen LogP contribution in [0.4, 0.5) is 0 Å². The first-order chi connectivity index (χ1) is 17.3. The summed E-state index contributed by atoms with van der Waals surface area (Å²) in [5.74, 6) is 0.919. The van der Waals surface area contributed by atoms with Crippen molar-refractivity contribution < 1.29 is 9.14 Å². The lowest BCUT2D eigenvalue weighted by Gasteiger charge is -2.47. The van der Waals surface area contributed by atoms with Crippen LogP contribution in [0.15, 0.2) is 127 Å². The standard InChI is InChI=1S/C31H21BN2O/c1-2-11-25(12-3-1)32-33-20-8-14-28(33)31(24-17-16-22-9-4-5-10-23(22)21-24)29-19-18-27(34(29)32)26-13-6-7-15-30(26)35-32/h1-21H/t32-/m0/s1. The summed E-state index contributed by atoms with van der Waals surface area (Å²) in [5.41, 5.74) is 8.24.